The van der Waals surface area contributed by atoms with Crippen LogP contribution in [0.1, 0.15) is 22.8 Å². The number of H-pyrrole nitrogens is 1. The first-order chi connectivity index (χ1) is 13.2. The molecule has 2 aromatic carbocycles. The van der Waals surface area contributed by atoms with Crippen molar-refractivity contribution in [3.8, 4) is 5.69 Å². The van der Waals surface area contributed by atoms with Gasteiger partial charge in [-0.3, -0.25) is 9.36 Å². The molecule has 0 atom stereocenters. The van der Waals surface area contributed by atoms with Gasteiger partial charge in [-0.2, -0.15) is 0 Å². The Morgan fingerprint density at radius 2 is 2.11 bits per heavy atom. The van der Waals surface area contributed by atoms with Gasteiger partial charge in [-0.25, -0.2) is 0 Å². The number of nitrogens with zero attached hydrogens (tertiary/aromatic N) is 3. The largest absolute Gasteiger partial charge is 0.360 e. The number of aromatic nitrogens is 4. The number of hydrogen-bond acceptors (Lipinski definition) is 4. The van der Waals surface area contributed by atoms with Gasteiger partial charge >= 0.3 is 0 Å². The molecule has 0 saturated carbocycles. The number of rotatable bonds is 6. The molecule has 1 N–H and O–H groups in total. The summed E-state index contributed by atoms with van der Waals surface area (Å²) in [7, 11) is 0. The first-order valence-corrected chi connectivity index (χ1v) is 9.94. The van der Waals surface area contributed by atoms with Crippen LogP contribution in [-0.4, -0.2) is 31.3 Å². The normalized spacial score (nSPS) is 11.2. The number of aryl methyl sites for hydroxylation is 1. The average molecular weight is 397 g/mol. The molecule has 2 aromatic heterocycles. The number of nitrogens with one attached hydrogen (secondary N) is 1. The van der Waals surface area contributed by atoms with E-state index in [1.807, 2.05) is 41.0 Å². The molecule has 136 valence electrons. The molecular weight excluding hydrogens is 380 g/mol. The van der Waals surface area contributed by atoms with E-state index in [-0.39, 0.29) is 11.5 Å². The summed E-state index contributed by atoms with van der Waals surface area (Å²) >= 11 is 7.43. The van der Waals surface area contributed by atoms with E-state index >= 15 is 0 Å². The second kappa shape index (κ2) is 7.58. The zero-order chi connectivity index (χ0) is 18.8. The molecule has 0 unspecified atom stereocenters. The van der Waals surface area contributed by atoms with Gasteiger partial charge in [0.05, 0.1) is 11.4 Å². The van der Waals surface area contributed by atoms with Gasteiger partial charge in [-0.1, -0.05) is 54.6 Å². The number of thioether (sulfide) groups is 1. The number of fused-ring (bicyclic) bond motifs is 1. The molecule has 4 rings (SSSR count). The van der Waals surface area contributed by atoms with Crippen LogP contribution < -0.4 is 0 Å². The smallest absolute Gasteiger partial charge is 0.196 e. The standard InChI is InChI=1S/C20H17ClN4OS/c1-2-13-5-3-8-16-17(10-22-19(13)16)18(26)11-27-20-24-23-12-25(20)15-7-4-6-14(21)9-15/h3-10,12,22H,2,11H2,1H3. The van der Waals surface area contributed by atoms with E-state index in [4.69, 9.17) is 11.6 Å². The van der Waals surface area contributed by atoms with Gasteiger partial charge in [-0.05, 0) is 30.2 Å². The van der Waals surface area contributed by atoms with Crippen molar-refractivity contribution in [1.29, 1.82) is 0 Å². The van der Waals surface area contributed by atoms with Gasteiger partial charge in [0.15, 0.2) is 10.9 Å². The van der Waals surface area contributed by atoms with Gasteiger partial charge in [0.25, 0.3) is 0 Å². The molecule has 0 radical (unpaired) electrons. The van der Waals surface area contributed by atoms with Crippen molar-refractivity contribution in [3.05, 3.63) is 71.1 Å². The molecule has 4 aromatic rings. The minimum atomic E-state index is 0.0557. The number of carbonyl (C=O) groups is 1. The van der Waals surface area contributed by atoms with Crippen molar-refractivity contribution in [2.24, 2.45) is 0 Å². The molecule has 0 aliphatic carbocycles. The average Bonchev–Trinajstić information content (AvgIpc) is 3.32. The van der Waals surface area contributed by atoms with Crippen molar-refractivity contribution in [2.75, 3.05) is 5.75 Å². The maximum atomic E-state index is 12.8. The molecule has 0 amide bonds. The maximum Gasteiger partial charge on any atom is 0.196 e. The SMILES string of the molecule is CCc1cccc2c(C(=O)CSc3nncn3-c3cccc(Cl)c3)c[nH]c12. The lowest BCUT2D eigenvalue weighted by Crippen LogP contribution is -2.03. The predicted octanol–water partition coefficient (Wildman–Crippen LogP) is 4.94. The Hall–Kier alpha value is -2.57. The van der Waals surface area contributed by atoms with Crippen molar-refractivity contribution in [3.63, 3.8) is 0 Å². The third-order valence-electron chi connectivity index (χ3n) is 4.42. The highest BCUT2D eigenvalue weighted by atomic mass is 35.5. The molecule has 0 bridgehead atoms. The van der Waals surface area contributed by atoms with Gasteiger partial charge in [-0.15, -0.1) is 10.2 Å². The number of carbonyl (C=O) groups excluding carboxylic acids is 1. The third-order valence-corrected chi connectivity index (χ3v) is 5.60. The summed E-state index contributed by atoms with van der Waals surface area (Å²) in [5.41, 5.74) is 3.82. The zero-order valence-corrected chi connectivity index (χ0v) is 16.2. The fraction of sp³-hybridized carbons (Fsp3) is 0.150. The van der Waals surface area contributed by atoms with Crippen molar-refractivity contribution in [2.45, 2.75) is 18.5 Å². The highest BCUT2D eigenvalue weighted by Gasteiger charge is 2.16. The van der Waals surface area contributed by atoms with Crippen LogP contribution in [0.25, 0.3) is 16.6 Å². The maximum absolute atomic E-state index is 12.8. The summed E-state index contributed by atoms with van der Waals surface area (Å²) in [6.45, 7) is 2.11. The van der Waals surface area contributed by atoms with Crippen molar-refractivity contribution < 1.29 is 4.79 Å². The van der Waals surface area contributed by atoms with Crippen LogP contribution in [0.2, 0.25) is 5.02 Å². The fourth-order valence-electron chi connectivity index (χ4n) is 3.08. The van der Waals surface area contributed by atoms with Crippen molar-refractivity contribution >= 4 is 40.0 Å². The van der Waals surface area contributed by atoms with E-state index in [1.165, 1.54) is 17.3 Å². The van der Waals surface area contributed by atoms with Crippen LogP contribution in [0.3, 0.4) is 0 Å². The number of halogens is 1. The van der Waals surface area contributed by atoms with E-state index < -0.39 is 0 Å². The Labute approximate surface area is 165 Å². The van der Waals surface area contributed by atoms with Gasteiger partial charge < -0.3 is 4.98 Å². The van der Waals surface area contributed by atoms with E-state index in [0.29, 0.717) is 15.7 Å². The summed E-state index contributed by atoms with van der Waals surface area (Å²) in [5.74, 6) is 0.336. The van der Waals surface area contributed by atoms with Gasteiger partial charge in [0, 0.05) is 27.7 Å². The van der Waals surface area contributed by atoms with Crippen molar-refractivity contribution in [1.82, 2.24) is 19.7 Å². The van der Waals surface area contributed by atoms with E-state index in [0.717, 1.165) is 23.0 Å². The second-order valence-corrected chi connectivity index (χ2v) is 7.45. The lowest BCUT2D eigenvalue weighted by Gasteiger charge is -2.06. The lowest BCUT2D eigenvalue weighted by molar-refractivity contribution is 0.102. The summed E-state index contributed by atoms with van der Waals surface area (Å²) in [6.07, 6.45) is 4.34. The lowest BCUT2D eigenvalue weighted by atomic mass is 10.1. The van der Waals surface area contributed by atoms with Crippen LogP contribution in [0.4, 0.5) is 0 Å². The Balaban J connectivity index is 1.55. The highest BCUT2D eigenvalue weighted by molar-refractivity contribution is 7.99. The molecule has 5 nitrogen and oxygen atoms in total. The number of ketones is 1. The molecule has 0 fully saturated rings. The number of para-hydroxylation sites is 1. The molecule has 0 saturated heterocycles. The van der Waals surface area contributed by atoms with E-state index in [2.05, 4.69) is 28.2 Å². The van der Waals surface area contributed by atoms with Crippen LogP contribution in [0.15, 0.2) is 60.1 Å². The monoisotopic (exact) mass is 396 g/mol. The topological polar surface area (TPSA) is 63.6 Å². The summed E-state index contributed by atoms with van der Waals surface area (Å²) in [5, 5.41) is 10.4. The number of hydrogen-bond donors (Lipinski definition) is 1. The molecule has 0 spiro atoms. The minimum Gasteiger partial charge on any atom is -0.360 e. The van der Waals surface area contributed by atoms with Crippen LogP contribution in [0.5, 0.6) is 0 Å². The third kappa shape index (κ3) is 3.50. The van der Waals surface area contributed by atoms with Gasteiger partial charge in [0.2, 0.25) is 0 Å². The molecule has 0 aliphatic heterocycles. The first kappa shape index (κ1) is 17.8. The number of benzene rings is 2. The fourth-order valence-corrected chi connectivity index (χ4v) is 4.07. The number of Topliss-reactive ketones (excluding diaryl/α,β-unsaturated/α-hetero) is 1. The second-order valence-electron chi connectivity index (χ2n) is 6.07. The molecular formula is C20H17ClN4OS. The first-order valence-electron chi connectivity index (χ1n) is 8.58. The van der Waals surface area contributed by atoms with Crippen LogP contribution in [-0.2, 0) is 6.42 Å². The minimum absolute atomic E-state index is 0.0557. The summed E-state index contributed by atoms with van der Waals surface area (Å²) in [6, 6.07) is 13.5. The number of aromatic amines is 1. The quantitative estimate of drug-likeness (QED) is 0.370. The highest BCUT2D eigenvalue weighted by Crippen LogP contribution is 2.26. The van der Waals surface area contributed by atoms with Gasteiger partial charge in [0.1, 0.15) is 6.33 Å². The Kier molecular flexibility index (Phi) is 5.01. The van der Waals surface area contributed by atoms with Crippen LogP contribution in [0, 0.1) is 0 Å². The zero-order valence-electron chi connectivity index (χ0n) is 14.6. The summed E-state index contributed by atoms with van der Waals surface area (Å²) in [4.78, 5) is 16.0. The molecule has 2 heterocycles. The molecule has 27 heavy (non-hydrogen) atoms. The molecule has 0 aliphatic rings. The van der Waals surface area contributed by atoms with E-state index in [9.17, 15) is 4.79 Å². The van der Waals surface area contributed by atoms with E-state index in [1.54, 1.807) is 12.5 Å². The predicted molar refractivity (Wildman–Crippen MR) is 109 cm³/mol. The van der Waals surface area contributed by atoms with Crippen LogP contribution >= 0.6 is 23.4 Å². The molecule has 7 heteroatoms. The Morgan fingerprint density at radius 1 is 1.26 bits per heavy atom. The Morgan fingerprint density at radius 3 is 2.93 bits per heavy atom. The Bertz CT molecular complexity index is 1120. The summed E-state index contributed by atoms with van der Waals surface area (Å²) < 4.78 is 1.83.